The number of aliphatic imine (C=N–C) groups is 1. The van der Waals surface area contributed by atoms with Crippen LogP contribution in [0.5, 0.6) is 0 Å². The van der Waals surface area contributed by atoms with Crippen molar-refractivity contribution in [2.75, 3.05) is 39.8 Å². The summed E-state index contributed by atoms with van der Waals surface area (Å²) in [5, 5.41) is 12.6. The van der Waals surface area contributed by atoms with Gasteiger partial charge in [0.05, 0.1) is 6.04 Å². The van der Waals surface area contributed by atoms with Gasteiger partial charge in [-0.25, -0.2) is 0 Å². The van der Waals surface area contributed by atoms with Crippen molar-refractivity contribution in [2.24, 2.45) is 4.99 Å². The van der Waals surface area contributed by atoms with Crippen molar-refractivity contribution < 1.29 is 0 Å². The first kappa shape index (κ1) is 22.7. The molecule has 3 N–H and O–H groups in total. The Hall–Kier alpha value is -0.380. The van der Waals surface area contributed by atoms with Gasteiger partial charge in [0.1, 0.15) is 0 Å². The Bertz CT molecular complexity index is 492. The molecule has 25 heavy (non-hydrogen) atoms. The van der Waals surface area contributed by atoms with E-state index >= 15 is 0 Å². The van der Waals surface area contributed by atoms with Gasteiger partial charge in [0.25, 0.3) is 0 Å². The summed E-state index contributed by atoms with van der Waals surface area (Å²) in [5.74, 6) is 0.881. The zero-order valence-corrected chi connectivity index (χ0v) is 19.1. The molecule has 1 unspecified atom stereocenters. The molecule has 144 valence electrons. The molecule has 0 saturated carbocycles. The quantitative estimate of drug-likeness (QED) is 0.244. The SMILES string of the molecule is CN=C(NCCNC(C)(C)C)NCC(c1cccs1)N1CCCC1.I. The van der Waals surface area contributed by atoms with Crippen molar-refractivity contribution in [3.05, 3.63) is 22.4 Å². The van der Waals surface area contributed by atoms with Gasteiger partial charge in [-0.1, -0.05) is 6.07 Å². The van der Waals surface area contributed by atoms with Gasteiger partial charge >= 0.3 is 0 Å². The van der Waals surface area contributed by atoms with Crippen molar-refractivity contribution in [1.82, 2.24) is 20.9 Å². The Kier molecular flexibility index (Phi) is 10.3. The molecule has 1 aromatic rings. The highest BCUT2D eigenvalue weighted by Gasteiger charge is 2.24. The fourth-order valence-electron chi connectivity index (χ4n) is 2.98. The smallest absolute Gasteiger partial charge is 0.191 e. The van der Waals surface area contributed by atoms with Crippen LogP contribution < -0.4 is 16.0 Å². The Balaban J connectivity index is 0.00000312. The van der Waals surface area contributed by atoms with Gasteiger partial charge in [0.15, 0.2) is 5.96 Å². The van der Waals surface area contributed by atoms with E-state index in [1.165, 1.54) is 30.8 Å². The van der Waals surface area contributed by atoms with Crippen LogP contribution in [0.25, 0.3) is 0 Å². The number of guanidine groups is 1. The minimum Gasteiger partial charge on any atom is -0.355 e. The zero-order chi connectivity index (χ0) is 17.4. The molecular weight excluding hydrogens is 445 g/mol. The monoisotopic (exact) mass is 479 g/mol. The molecule has 1 saturated heterocycles. The average Bonchev–Trinajstić information content (AvgIpc) is 3.22. The number of nitrogens with zero attached hydrogens (tertiary/aromatic N) is 2. The van der Waals surface area contributed by atoms with E-state index in [9.17, 15) is 0 Å². The highest BCUT2D eigenvalue weighted by atomic mass is 127. The van der Waals surface area contributed by atoms with Crippen LogP contribution in [0.1, 0.15) is 44.5 Å². The Morgan fingerprint density at radius 2 is 1.96 bits per heavy atom. The first-order valence-corrected chi connectivity index (χ1v) is 9.84. The summed E-state index contributed by atoms with van der Waals surface area (Å²) in [5.41, 5.74) is 0.151. The highest BCUT2D eigenvalue weighted by Crippen LogP contribution is 2.27. The van der Waals surface area contributed by atoms with Crippen molar-refractivity contribution in [1.29, 1.82) is 0 Å². The lowest BCUT2D eigenvalue weighted by Gasteiger charge is -2.27. The van der Waals surface area contributed by atoms with E-state index in [2.05, 4.69) is 64.1 Å². The van der Waals surface area contributed by atoms with Gasteiger partial charge in [-0.15, -0.1) is 35.3 Å². The minimum atomic E-state index is 0. The van der Waals surface area contributed by atoms with Crippen molar-refractivity contribution in [3.8, 4) is 0 Å². The van der Waals surface area contributed by atoms with Crippen LogP contribution in [0.4, 0.5) is 0 Å². The van der Waals surface area contributed by atoms with Gasteiger partial charge in [-0.2, -0.15) is 0 Å². The average molecular weight is 479 g/mol. The molecule has 0 aromatic carbocycles. The summed E-state index contributed by atoms with van der Waals surface area (Å²) in [6, 6.07) is 4.84. The number of halogens is 1. The second-order valence-electron chi connectivity index (χ2n) is 7.33. The molecule has 1 atom stereocenters. The molecule has 1 fully saturated rings. The zero-order valence-electron chi connectivity index (χ0n) is 16.0. The normalized spacial score (nSPS) is 17.2. The third kappa shape index (κ3) is 8.23. The van der Waals surface area contributed by atoms with Crippen LogP contribution in [0.15, 0.2) is 22.5 Å². The molecule has 2 rings (SSSR count). The topological polar surface area (TPSA) is 51.7 Å². The summed E-state index contributed by atoms with van der Waals surface area (Å²) in [6.45, 7) is 11.6. The van der Waals surface area contributed by atoms with E-state index in [-0.39, 0.29) is 29.5 Å². The molecule has 0 bridgehead atoms. The first-order valence-electron chi connectivity index (χ1n) is 8.96. The molecule has 1 aromatic heterocycles. The lowest BCUT2D eigenvalue weighted by molar-refractivity contribution is 0.249. The van der Waals surface area contributed by atoms with Gasteiger partial charge < -0.3 is 16.0 Å². The number of rotatable bonds is 7. The second kappa shape index (κ2) is 11.4. The first-order chi connectivity index (χ1) is 11.5. The minimum absolute atomic E-state index is 0. The maximum absolute atomic E-state index is 4.35. The number of nitrogens with one attached hydrogen (secondary N) is 3. The molecule has 7 heteroatoms. The molecule has 0 spiro atoms. The molecule has 2 heterocycles. The van der Waals surface area contributed by atoms with E-state index in [1.807, 2.05) is 18.4 Å². The van der Waals surface area contributed by atoms with Crippen LogP contribution >= 0.6 is 35.3 Å². The fraction of sp³-hybridized carbons (Fsp3) is 0.722. The number of thiophene rings is 1. The van der Waals surface area contributed by atoms with Gasteiger partial charge in [0.2, 0.25) is 0 Å². The molecule has 0 radical (unpaired) electrons. The van der Waals surface area contributed by atoms with Gasteiger partial charge in [0, 0.05) is 37.1 Å². The van der Waals surface area contributed by atoms with Crippen LogP contribution in [-0.4, -0.2) is 56.2 Å². The van der Waals surface area contributed by atoms with Crippen LogP contribution in [0, 0.1) is 0 Å². The van der Waals surface area contributed by atoms with E-state index in [0.29, 0.717) is 6.04 Å². The summed E-state index contributed by atoms with van der Waals surface area (Å²) in [6.07, 6.45) is 2.63. The van der Waals surface area contributed by atoms with Crippen molar-refractivity contribution >= 4 is 41.3 Å². The molecule has 5 nitrogen and oxygen atoms in total. The van der Waals surface area contributed by atoms with Gasteiger partial charge in [-0.3, -0.25) is 9.89 Å². The predicted octanol–water partition coefficient (Wildman–Crippen LogP) is 3.06. The maximum Gasteiger partial charge on any atom is 0.191 e. The maximum atomic E-state index is 4.35. The largest absolute Gasteiger partial charge is 0.355 e. The van der Waals surface area contributed by atoms with Crippen LogP contribution in [0.3, 0.4) is 0 Å². The summed E-state index contributed by atoms with van der Waals surface area (Å²) >= 11 is 1.85. The number of hydrogen-bond donors (Lipinski definition) is 3. The molecule has 0 aliphatic carbocycles. The second-order valence-corrected chi connectivity index (χ2v) is 8.31. The molecule has 0 amide bonds. The van der Waals surface area contributed by atoms with E-state index in [4.69, 9.17) is 0 Å². The standard InChI is InChI=1S/C18H33N5S.HI/c1-18(2,3)22-10-9-20-17(19-4)21-14-15(16-8-7-13-24-16)23-11-5-6-12-23;/h7-8,13,15,22H,5-6,9-12,14H2,1-4H3,(H2,19,20,21);1H. The summed E-state index contributed by atoms with van der Waals surface area (Å²) in [7, 11) is 1.84. The molecule has 1 aliphatic heterocycles. The number of likely N-dealkylation sites (tertiary alicyclic amines) is 1. The Morgan fingerprint density at radius 3 is 2.52 bits per heavy atom. The Morgan fingerprint density at radius 1 is 1.24 bits per heavy atom. The summed E-state index contributed by atoms with van der Waals surface area (Å²) < 4.78 is 0. The van der Waals surface area contributed by atoms with Crippen LogP contribution in [-0.2, 0) is 0 Å². The summed E-state index contributed by atoms with van der Waals surface area (Å²) in [4.78, 5) is 8.38. The van der Waals surface area contributed by atoms with E-state index < -0.39 is 0 Å². The lowest BCUT2D eigenvalue weighted by atomic mass is 10.1. The molecular formula is C18H34IN5S. The van der Waals surface area contributed by atoms with E-state index in [0.717, 1.165) is 25.6 Å². The van der Waals surface area contributed by atoms with Crippen molar-refractivity contribution in [2.45, 2.75) is 45.2 Å². The highest BCUT2D eigenvalue weighted by molar-refractivity contribution is 14.0. The third-order valence-corrected chi connectivity index (χ3v) is 5.19. The fourth-order valence-corrected chi connectivity index (χ4v) is 3.84. The Labute approximate surface area is 174 Å². The molecule has 1 aliphatic rings. The third-order valence-electron chi connectivity index (χ3n) is 4.21. The van der Waals surface area contributed by atoms with Crippen LogP contribution in [0.2, 0.25) is 0 Å². The van der Waals surface area contributed by atoms with E-state index in [1.54, 1.807) is 0 Å². The van der Waals surface area contributed by atoms with Crippen molar-refractivity contribution in [3.63, 3.8) is 0 Å². The predicted molar refractivity (Wildman–Crippen MR) is 120 cm³/mol. The van der Waals surface area contributed by atoms with Gasteiger partial charge in [-0.05, 0) is 58.1 Å². The number of hydrogen-bond acceptors (Lipinski definition) is 4. The lowest BCUT2D eigenvalue weighted by Crippen LogP contribution is -2.46.